The quantitative estimate of drug-likeness (QED) is 0.337. The first kappa shape index (κ1) is 24.8. The number of nitrogens with zero attached hydrogens (tertiary/aromatic N) is 1. The molecule has 3 unspecified atom stereocenters. The molecule has 0 radical (unpaired) electrons. The van der Waals surface area contributed by atoms with Crippen LogP contribution in [0.15, 0.2) is 102 Å². The molecule has 186 valence electrons. The second-order valence-electron chi connectivity index (χ2n) is 9.75. The molecule has 3 aromatic carbocycles. The van der Waals surface area contributed by atoms with E-state index in [1.807, 2.05) is 60.7 Å². The molecule has 0 spiro atoms. The van der Waals surface area contributed by atoms with Crippen molar-refractivity contribution in [3.05, 3.63) is 126 Å². The molecule has 1 aliphatic heterocycles. The summed E-state index contributed by atoms with van der Waals surface area (Å²) in [5.41, 5.74) is 1.46. The van der Waals surface area contributed by atoms with Gasteiger partial charge in [-0.3, -0.25) is 0 Å². The van der Waals surface area contributed by atoms with Crippen molar-refractivity contribution < 1.29 is 14.4 Å². The fraction of sp³-hybridized carbons (Fsp3) is 0.323. The van der Waals surface area contributed by atoms with Crippen LogP contribution < -0.4 is 4.90 Å². The van der Waals surface area contributed by atoms with Crippen molar-refractivity contribution in [2.24, 2.45) is 5.92 Å². The van der Waals surface area contributed by atoms with Crippen LogP contribution in [-0.2, 0) is 17.9 Å². The molecule has 4 aromatic rings. The van der Waals surface area contributed by atoms with Gasteiger partial charge >= 0.3 is 0 Å². The van der Waals surface area contributed by atoms with Gasteiger partial charge in [0.2, 0.25) is 5.89 Å². The number of aromatic nitrogens is 1. The number of hydrogen-bond acceptors (Lipinski definition) is 4. The van der Waals surface area contributed by atoms with Gasteiger partial charge in [-0.25, -0.2) is 4.98 Å². The van der Waals surface area contributed by atoms with E-state index in [2.05, 4.69) is 54.0 Å². The smallest absolute Gasteiger partial charge is 0.236 e. The van der Waals surface area contributed by atoms with E-state index in [-0.39, 0.29) is 0 Å². The van der Waals surface area contributed by atoms with E-state index in [9.17, 15) is 5.11 Å². The van der Waals surface area contributed by atoms with Gasteiger partial charge in [0.15, 0.2) is 11.4 Å². The fourth-order valence-corrected chi connectivity index (χ4v) is 6.86. The van der Waals surface area contributed by atoms with Crippen molar-refractivity contribution >= 4 is 11.8 Å². The molecule has 36 heavy (non-hydrogen) atoms. The number of thioether (sulfide) groups is 1. The highest BCUT2D eigenvalue weighted by atomic mass is 32.2. The van der Waals surface area contributed by atoms with Crippen molar-refractivity contribution in [1.29, 1.82) is 0 Å². The van der Waals surface area contributed by atoms with Gasteiger partial charge in [-0.05, 0) is 22.6 Å². The Balaban J connectivity index is 1.32. The number of oxazole rings is 1. The number of benzene rings is 3. The van der Waals surface area contributed by atoms with E-state index in [1.54, 1.807) is 6.20 Å². The lowest BCUT2D eigenvalue weighted by Gasteiger charge is -2.35. The van der Waals surface area contributed by atoms with Crippen molar-refractivity contribution in [3.8, 4) is 0 Å². The maximum Gasteiger partial charge on any atom is 0.236 e. The van der Waals surface area contributed by atoms with Gasteiger partial charge < -0.3 is 14.4 Å². The van der Waals surface area contributed by atoms with Crippen LogP contribution in [0.3, 0.4) is 0 Å². The highest BCUT2D eigenvalue weighted by molar-refractivity contribution is 7.99. The van der Waals surface area contributed by atoms with E-state index < -0.39 is 5.60 Å². The zero-order valence-corrected chi connectivity index (χ0v) is 21.7. The molecule has 2 heterocycles. The molecule has 2 N–H and O–H groups in total. The SMILES string of the molecule is CCC1CC[NH+](Cc2cnc(C(O)(c3ccccc3)c3ccccc3)o2)CC1SCc1ccccc1. The molecule has 0 aliphatic carbocycles. The Morgan fingerprint density at radius 3 is 2.17 bits per heavy atom. The van der Waals surface area contributed by atoms with E-state index in [4.69, 9.17) is 4.42 Å². The summed E-state index contributed by atoms with van der Waals surface area (Å²) in [6.45, 7) is 5.36. The predicted octanol–water partition coefficient (Wildman–Crippen LogP) is 5.08. The van der Waals surface area contributed by atoms with E-state index in [0.29, 0.717) is 11.1 Å². The molecule has 0 bridgehead atoms. The maximum absolute atomic E-state index is 12.0. The maximum atomic E-state index is 12.0. The third-order valence-electron chi connectivity index (χ3n) is 7.39. The van der Waals surface area contributed by atoms with E-state index >= 15 is 0 Å². The first-order chi connectivity index (χ1) is 17.7. The molecule has 4 nitrogen and oxygen atoms in total. The Labute approximate surface area is 218 Å². The Morgan fingerprint density at radius 1 is 0.944 bits per heavy atom. The molecular weight excluding hydrogens is 464 g/mol. The zero-order chi connectivity index (χ0) is 24.8. The molecule has 5 rings (SSSR count). The molecule has 0 amide bonds. The van der Waals surface area contributed by atoms with Crippen LogP contribution in [0.1, 0.15) is 48.1 Å². The second kappa shape index (κ2) is 11.5. The zero-order valence-electron chi connectivity index (χ0n) is 20.8. The van der Waals surface area contributed by atoms with Crippen molar-refractivity contribution in [2.45, 2.75) is 42.9 Å². The topological polar surface area (TPSA) is 50.7 Å². The third kappa shape index (κ3) is 5.44. The first-order valence-corrected chi connectivity index (χ1v) is 14.0. The predicted molar refractivity (Wildman–Crippen MR) is 146 cm³/mol. The minimum Gasteiger partial charge on any atom is -0.436 e. The molecule has 1 aliphatic rings. The van der Waals surface area contributed by atoms with Gasteiger partial charge in [-0.15, -0.1) is 11.8 Å². The van der Waals surface area contributed by atoms with Gasteiger partial charge in [-0.2, -0.15) is 0 Å². The van der Waals surface area contributed by atoms with Crippen LogP contribution in [0.25, 0.3) is 0 Å². The lowest BCUT2D eigenvalue weighted by atomic mass is 9.86. The van der Waals surface area contributed by atoms with Crippen molar-refractivity contribution in [3.63, 3.8) is 0 Å². The largest absolute Gasteiger partial charge is 0.436 e. The average Bonchev–Trinajstić information content (AvgIpc) is 3.42. The Morgan fingerprint density at radius 2 is 1.56 bits per heavy atom. The van der Waals surface area contributed by atoms with Crippen LogP contribution in [0, 0.1) is 5.92 Å². The molecular formula is C31H35N2O2S+. The number of quaternary nitrogens is 1. The lowest BCUT2D eigenvalue weighted by Crippen LogP contribution is -3.13. The monoisotopic (exact) mass is 499 g/mol. The number of piperidine rings is 1. The Bertz CT molecular complexity index is 1170. The van der Waals surface area contributed by atoms with Crippen molar-refractivity contribution in [1.82, 2.24) is 4.98 Å². The highest BCUT2D eigenvalue weighted by Gasteiger charge is 2.39. The summed E-state index contributed by atoms with van der Waals surface area (Å²) < 4.78 is 6.29. The number of hydrogen-bond donors (Lipinski definition) is 2. The van der Waals surface area contributed by atoms with Crippen LogP contribution in [0.4, 0.5) is 0 Å². The number of rotatable bonds is 9. The second-order valence-corrected chi connectivity index (χ2v) is 11.0. The molecule has 3 atom stereocenters. The summed E-state index contributed by atoms with van der Waals surface area (Å²) in [5.74, 6) is 2.97. The molecule has 1 fully saturated rings. The molecule has 5 heteroatoms. The fourth-order valence-electron chi connectivity index (χ4n) is 5.30. The summed E-state index contributed by atoms with van der Waals surface area (Å²) in [5, 5.41) is 12.6. The highest BCUT2D eigenvalue weighted by Crippen LogP contribution is 2.36. The Hall–Kier alpha value is -2.86. The molecule has 1 saturated heterocycles. The standard InChI is InChI=1S/C31H34N2O2S/c1-2-25-18-19-33(22-29(25)36-23-24-12-6-3-7-13-24)21-28-20-32-30(35-28)31(34,26-14-8-4-9-15-26)27-16-10-5-11-17-27/h3-17,20,25,29,34H,2,18-19,21-23H2,1H3/p+1. The van der Waals surface area contributed by atoms with Gasteiger partial charge in [0.25, 0.3) is 0 Å². The van der Waals surface area contributed by atoms with Crippen LogP contribution in [-0.4, -0.2) is 28.4 Å². The minimum atomic E-state index is -1.43. The summed E-state index contributed by atoms with van der Waals surface area (Å²) >= 11 is 2.09. The van der Waals surface area contributed by atoms with Gasteiger partial charge in [-0.1, -0.05) is 104 Å². The van der Waals surface area contributed by atoms with Crippen LogP contribution >= 0.6 is 11.8 Å². The van der Waals surface area contributed by atoms with E-state index in [1.165, 1.54) is 23.3 Å². The van der Waals surface area contributed by atoms with Gasteiger partial charge in [0.1, 0.15) is 6.54 Å². The first-order valence-electron chi connectivity index (χ1n) is 12.9. The number of likely N-dealkylation sites (tertiary alicyclic amines) is 1. The third-order valence-corrected chi connectivity index (χ3v) is 8.87. The lowest BCUT2D eigenvalue weighted by molar-refractivity contribution is -0.919. The minimum absolute atomic E-state index is 0.327. The summed E-state index contributed by atoms with van der Waals surface area (Å²) in [6, 6.07) is 30.1. The summed E-state index contributed by atoms with van der Waals surface area (Å²) in [4.78, 5) is 6.12. The normalized spacial score (nSPS) is 20.3. The Kier molecular flexibility index (Phi) is 7.90. The van der Waals surface area contributed by atoms with Gasteiger partial charge in [0, 0.05) is 12.2 Å². The average molecular weight is 500 g/mol. The van der Waals surface area contributed by atoms with Gasteiger partial charge in [0.05, 0.1) is 24.5 Å². The molecule has 1 aromatic heterocycles. The van der Waals surface area contributed by atoms with Crippen molar-refractivity contribution in [2.75, 3.05) is 13.1 Å². The number of aliphatic hydroxyl groups is 1. The number of nitrogens with one attached hydrogen (secondary N) is 1. The van der Waals surface area contributed by atoms with Crippen LogP contribution in [0.2, 0.25) is 0 Å². The van der Waals surface area contributed by atoms with E-state index in [0.717, 1.165) is 48.2 Å². The summed E-state index contributed by atoms with van der Waals surface area (Å²) in [6.07, 6.45) is 4.27. The summed E-state index contributed by atoms with van der Waals surface area (Å²) in [7, 11) is 0. The van der Waals surface area contributed by atoms with Crippen LogP contribution in [0.5, 0.6) is 0 Å². The molecule has 0 saturated carbocycles.